The second-order valence-corrected chi connectivity index (χ2v) is 6.75. The van der Waals surface area contributed by atoms with Gasteiger partial charge in [-0.15, -0.1) is 0 Å². The first-order valence-corrected chi connectivity index (χ1v) is 9.34. The van der Waals surface area contributed by atoms with Crippen LogP contribution in [0.1, 0.15) is 31.0 Å². The van der Waals surface area contributed by atoms with Crippen molar-refractivity contribution in [1.82, 2.24) is 4.72 Å². The fourth-order valence-electron chi connectivity index (χ4n) is 2.41. The van der Waals surface area contributed by atoms with Crippen LogP contribution < -0.4 is 4.72 Å². The van der Waals surface area contributed by atoms with E-state index < -0.39 is 23.0 Å². The van der Waals surface area contributed by atoms with E-state index in [-0.39, 0.29) is 0 Å². The number of allylic oxidation sites excluding steroid dienone is 1. The van der Waals surface area contributed by atoms with E-state index in [2.05, 4.69) is 4.72 Å². The minimum absolute atomic E-state index is 0.290. The average Bonchev–Trinajstić information content (AvgIpc) is 2.63. The molecule has 0 radical (unpaired) electrons. The van der Waals surface area contributed by atoms with Gasteiger partial charge in [0.25, 0.3) is 0 Å². The van der Waals surface area contributed by atoms with Crippen LogP contribution in [0.4, 0.5) is 0 Å². The van der Waals surface area contributed by atoms with E-state index in [1.165, 1.54) is 0 Å². The molecule has 0 spiro atoms. The monoisotopic (exact) mass is 357 g/mol. The SMILES string of the molecule is C/C=C(\C(=O)OCC)[C@H](N[S@@](=O)c1ccc(C)cc1)c1ccccc1. The first-order chi connectivity index (χ1) is 12.1. The summed E-state index contributed by atoms with van der Waals surface area (Å²) in [6.45, 7) is 5.81. The van der Waals surface area contributed by atoms with Gasteiger partial charge in [0.15, 0.2) is 0 Å². The van der Waals surface area contributed by atoms with Gasteiger partial charge in [-0.1, -0.05) is 54.1 Å². The van der Waals surface area contributed by atoms with E-state index in [1.54, 1.807) is 19.9 Å². The van der Waals surface area contributed by atoms with E-state index in [0.717, 1.165) is 11.1 Å². The van der Waals surface area contributed by atoms with Crippen molar-refractivity contribution < 1.29 is 13.7 Å². The minimum atomic E-state index is -1.46. The van der Waals surface area contributed by atoms with Crippen LogP contribution in [0, 0.1) is 6.92 Å². The molecule has 0 fully saturated rings. The summed E-state index contributed by atoms with van der Waals surface area (Å²) in [5, 5.41) is 0. The molecule has 4 nitrogen and oxygen atoms in total. The predicted molar refractivity (Wildman–Crippen MR) is 100 cm³/mol. The number of ether oxygens (including phenoxy) is 1. The zero-order valence-corrected chi connectivity index (χ0v) is 15.5. The first-order valence-electron chi connectivity index (χ1n) is 8.19. The summed E-state index contributed by atoms with van der Waals surface area (Å²) in [6, 6.07) is 16.4. The number of carbonyl (C=O) groups is 1. The number of aryl methyl sites for hydroxylation is 1. The minimum Gasteiger partial charge on any atom is -0.463 e. The molecule has 2 aromatic rings. The Bertz CT molecular complexity index is 754. The highest BCUT2D eigenvalue weighted by molar-refractivity contribution is 7.83. The zero-order chi connectivity index (χ0) is 18.2. The Balaban J connectivity index is 2.33. The normalized spacial score (nSPS) is 14.0. The molecule has 0 saturated carbocycles. The maximum Gasteiger partial charge on any atom is 0.335 e. The summed E-state index contributed by atoms with van der Waals surface area (Å²) in [4.78, 5) is 13.0. The van der Waals surface area contributed by atoms with Crippen molar-refractivity contribution >= 4 is 17.0 Å². The van der Waals surface area contributed by atoms with Crippen LogP contribution >= 0.6 is 0 Å². The van der Waals surface area contributed by atoms with E-state index >= 15 is 0 Å². The van der Waals surface area contributed by atoms with Crippen molar-refractivity contribution in [1.29, 1.82) is 0 Å². The van der Waals surface area contributed by atoms with Gasteiger partial charge in [0.2, 0.25) is 0 Å². The molecule has 0 bridgehead atoms. The average molecular weight is 357 g/mol. The quantitative estimate of drug-likeness (QED) is 0.605. The Morgan fingerprint density at radius 1 is 1.16 bits per heavy atom. The summed E-state index contributed by atoms with van der Waals surface area (Å²) in [7, 11) is -1.46. The zero-order valence-electron chi connectivity index (χ0n) is 14.7. The molecule has 132 valence electrons. The van der Waals surface area contributed by atoms with Gasteiger partial charge >= 0.3 is 5.97 Å². The van der Waals surface area contributed by atoms with Gasteiger partial charge in [0.1, 0.15) is 11.0 Å². The molecule has 2 rings (SSSR count). The molecule has 0 unspecified atom stereocenters. The van der Waals surface area contributed by atoms with Crippen molar-refractivity contribution in [3.05, 3.63) is 77.4 Å². The number of hydrogen-bond donors (Lipinski definition) is 1. The third-order valence-corrected chi connectivity index (χ3v) is 4.88. The molecule has 0 heterocycles. The summed E-state index contributed by atoms with van der Waals surface area (Å²) in [6.07, 6.45) is 1.70. The molecular weight excluding hydrogens is 334 g/mol. The summed E-state index contributed by atoms with van der Waals surface area (Å²) in [5.74, 6) is -0.410. The molecule has 0 saturated heterocycles. The number of nitrogens with one attached hydrogen (secondary N) is 1. The second-order valence-electron chi connectivity index (χ2n) is 5.51. The number of rotatable bonds is 7. The fraction of sp³-hybridized carbons (Fsp3) is 0.250. The van der Waals surface area contributed by atoms with Crippen LogP contribution in [0.5, 0.6) is 0 Å². The Labute approximate surface area is 151 Å². The Morgan fingerprint density at radius 2 is 1.80 bits per heavy atom. The molecule has 0 aliphatic heterocycles. The van der Waals surface area contributed by atoms with Crippen LogP contribution in [-0.2, 0) is 20.5 Å². The third-order valence-electron chi connectivity index (χ3n) is 3.73. The highest BCUT2D eigenvalue weighted by atomic mass is 32.2. The molecule has 2 atom stereocenters. The Hall–Kier alpha value is -2.24. The molecule has 0 amide bonds. The van der Waals surface area contributed by atoms with Gasteiger partial charge in [0, 0.05) is 0 Å². The predicted octanol–water partition coefficient (Wildman–Crippen LogP) is 3.86. The van der Waals surface area contributed by atoms with Crippen molar-refractivity contribution in [2.75, 3.05) is 6.61 Å². The smallest absolute Gasteiger partial charge is 0.335 e. The number of benzene rings is 2. The standard InChI is InChI=1S/C20H23NO3S/c1-4-18(20(22)24-5-2)19(16-9-7-6-8-10-16)21-25(23)17-13-11-15(3)12-14-17/h4,6-14,19,21H,5H2,1-3H3/b18-4-/t19-,25+/m1/s1. The molecule has 2 aromatic carbocycles. The van der Waals surface area contributed by atoms with Gasteiger partial charge < -0.3 is 4.74 Å². The molecule has 0 aromatic heterocycles. The maximum atomic E-state index is 12.8. The van der Waals surface area contributed by atoms with E-state index in [1.807, 2.05) is 61.5 Å². The Morgan fingerprint density at radius 3 is 2.36 bits per heavy atom. The number of hydrogen-bond acceptors (Lipinski definition) is 3. The van der Waals surface area contributed by atoms with Crippen molar-refractivity contribution in [2.45, 2.75) is 31.7 Å². The van der Waals surface area contributed by atoms with Crippen LogP contribution in [0.15, 0.2) is 71.1 Å². The molecule has 1 N–H and O–H groups in total. The lowest BCUT2D eigenvalue weighted by Gasteiger charge is -2.21. The largest absolute Gasteiger partial charge is 0.463 e. The second kappa shape index (κ2) is 9.30. The molecular formula is C20H23NO3S. The fourth-order valence-corrected chi connectivity index (χ4v) is 3.41. The van der Waals surface area contributed by atoms with Crippen LogP contribution in [-0.4, -0.2) is 16.8 Å². The van der Waals surface area contributed by atoms with Gasteiger partial charge in [0.05, 0.1) is 23.1 Å². The number of carbonyl (C=O) groups excluding carboxylic acids is 1. The van der Waals surface area contributed by atoms with E-state index in [4.69, 9.17) is 4.74 Å². The van der Waals surface area contributed by atoms with Crippen LogP contribution in [0.25, 0.3) is 0 Å². The van der Waals surface area contributed by atoms with Crippen molar-refractivity contribution in [3.63, 3.8) is 0 Å². The molecule has 25 heavy (non-hydrogen) atoms. The first kappa shape index (κ1) is 19.1. The topological polar surface area (TPSA) is 55.4 Å². The Kier molecular flexibility index (Phi) is 7.10. The molecule has 5 heteroatoms. The summed E-state index contributed by atoms with van der Waals surface area (Å²) in [5.41, 5.74) is 2.39. The summed E-state index contributed by atoms with van der Waals surface area (Å²) >= 11 is 0. The highest BCUT2D eigenvalue weighted by Gasteiger charge is 2.25. The van der Waals surface area contributed by atoms with Gasteiger partial charge in [-0.2, -0.15) is 0 Å². The lowest BCUT2D eigenvalue weighted by Crippen LogP contribution is -2.29. The van der Waals surface area contributed by atoms with E-state index in [9.17, 15) is 9.00 Å². The molecule has 0 aliphatic carbocycles. The van der Waals surface area contributed by atoms with E-state index in [0.29, 0.717) is 17.1 Å². The van der Waals surface area contributed by atoms with Crippen LogP contribution in [0.2, 0.25) is 0 Å². The molecule has 0 aliphatic rings. The lowest BCUT2D eigenvalue weighted by atomic mass is 9.99. The number of esters is 1. The van der Waals surface area contributed by atoms with Crippen molar-refractivity contribution in [3.8, 4) is 0 Å². The van der Waals surface area contributed by atoms with Crippen molar-refractivity contribution in [2.24, 2.45) is 0 Å². The highest BCUT2D eigenvalue weighted by Crippen LogP contribution is 2.24. The summed E-state index contributed by atoms with van der Waals surface area (Å²) < 4.78 is 21.0. The third kappa shape index (κ3) is 5.11. The van der Waals surface area contributed by atoms with Gasteiger partial charge in [-0.05, 0) is 38.5 Å². The van der Waals surface area contributed by atoms with Crippen LogP contribution in [0.3, 0.4) is 0 Å². The van der Waals surface area contributed by atoms with Gasteiger partial charge in [-0.25, -0.2) is 13.7 Å². The lowest BCUT2D eigenvalue weighted by molar-refractivity contribution is -0.138. The van der Waals surface area contributed by atoms with Gasteiger partial charge in [-0.3, -0.25) is 0 Å². The maximum absolute atomic E-state index is 12.8.